The number of halogens is 4. The molecular formula is C37H40F4N4O2S. The Kier molecular flexibility index (Phi) is 5.22. The third-order valence-corrected chi connectivity index (χ3v) is 7.19. The normalized spacial score (nSPS) is 26.5. The molecule has 1 heterocycles. The molecule has 6 nitrogen and oxygen atoms in total. The van der Waals surface area contributed by atoms with Crippen molar-refractivity contribution in [3.8, 4) is 11.1 Å². The van der Waals surface area contributed by atoms with Gasteiger partial charge in [-0.15, -0.1) is 0 Å². The van der Waals surface area contributed by atoms with Gasteiger partial charge in [0.2, 0.25) is 5.91 Å². The van der Waals surface area contributed by atoms with E-state index in [-0.39, 0.29) is 27.1 Å². The fourth-order valence-corrected chi connectivity index (χ4v) is 4.79. The molecule has 254 valence electrons. The van der Waals surface area contributed by atoms with Crippen LogP contribution in [0.2, 0.25) is 0 Å². The van der Waals surface area contributed by atoms with Crippen LogP contribution in [0, 0.1) is 11.7 Å². The Hall–Kier alpha value is -3.96. The number of thioether (sulfide) groups is 1. The summed E-state index contributed by atoms with van der Waals surface area (Å²) in [4.78, 5) is 32.0. The van der Waals surface area contributed by atoms with Crippen molar-refractivity contribution in [3.05, 3.63) is 117 Å². The molecule has 4 aromatic rings. The molecule has 0 saturated carbocycles. The SMILES string of the molecule is [2H]c1c([2H])c(-c2c([2H])c([2H])c(C(F)(F)F)c([2H])c2[2H])c([2H])c([2H])c1CN(C(=O)Cn1c(SC([2H])([2H])c2ccc(F)cc2)nc(=O)c2c1C([2H])([2H])C([2H])(C)C2([2H])[2H])C([2H])([2H])C([2H])([2H])N(C([2H])([2H])C)C([2H])([2H])C. The number of likely N-dealkylation sites (N-methyl/N-ethyl adjacent to an activating group) is 1. The van der Waals surface area contributed by atoms with Crippen LogP contribution < -0.4 is 5.56 Å². The number of alkyl halides is 3. The molecule has 5 rings (SSSR count). The molecule has 1 atom stereocenters. The zero-order valence-corrected chi connectivity index (χ0v) is 26.1. The van der Waals surface area contributed by atoms with E-state index >= 15 is 4.79 Å². The van der Waals surface area contributed by atoms with Crippen molar-refractivity contribution in [1.29, 1.82) is 0 Å². The van der Waals surface area contributed by atoms with Gasteiger partial charge in [-0.25, -0.2) is 4.39 Å². The number of hydrogen-bond donors (Lipinski definition) is 0. The highest BCUT2D eigenvalue weighted by Crippen LogP contribution is 2.32. The molecule has 0 spiro atoms. The highest BCUT2D eigenvalue weighted by molar-refractivity contribution is 7.98. The van der Waals surface area contributed by atoms with Crippen LogP contribution in [0.4, 0.5) is 17.6 Å². The maximum absolute atomic E-state index is 15.1. The first kappa shape index (κ1) is 16.2. The molecule has 0 radical (unpaired) electrons. The van der Waals surface area contributed by atoms with Crippen LogP contribution in [0.15, 0.2) is 82.6 Å². The van der Waals surface area contributed by atoms with Crippen LogP contribution in [-0.4, -0.2) is 51.2 Å². The quantitative estimate of drug-likeness (QED) is 0.0822. The molecule has 3 aromatic carbocycles. The highest BCUT2D eigenvalue weighted by atomic mass is 32.2. The van der Waals surface area contributed by atoms with Gasteiger partial charge in [-0.2, -0.15) is 18.2 Å². The lowest BCUT2D eigenvalue weighted by molar-refractivity contribution is -0.137. The Balaban J connectivity index is 1.86. The van der Waals surface area contributed by atoms with E-state index in [1.54, 1.807) is 0 Å². The van der Waals surface area contributed by atoms with Crippen LogP contribution in [0.25, 0.3) is 11.1 Å². The van der Waals surface area contributed by atoms with E-state index in [4.69, 9.17) is 28.8 Å². The summed E-state index contributed by atoms with van der Waals surface area (Å²) in [6.45, 7) is -16.1. The third kappa shape index (κ3) is 8.73. The average Bonchev–Trinajstić information content (AvgIpc) is 3.30. The first-order valence-electron chi connectivity index (χ1n) is 25.2. The summed E-state index contributed by atoms with van der Waals surface area (Å²) < 4.78 is 255. The Morgan fingerprint density at radius 1 is 1.02 bits per heavy atom. The van der Waals surface area contributed by atoms with E-state index in [1.165, 1.54) is 0 Å². The van der Waals surface area contributed by atoms with Crippen molar-refractivity contribution >= 4 is 17.7 Å². The van der Waals surface area contributed by atoms with Gasteiger partial charge in [-0.3, -0.25) is 9.59 Å². The maximum atomic E-state index is 15.1. The number of nitrogens with zero attached hydrogens (tertiary/aromatic N) is 4. The second-order valence-electron chi connectivity index (χ2n) is 9.68. The molecule has 48 heavy (non-hydrogen) atoms. The first-order valence-corrected chi connectivity index (χ1v) is 14.6. The Labute approximate surface area is 315 Å². The van der Waals surface area contributed by atoms with Gasteiger partial charge in [0.05, 0.1) is 19.3 Å². The number of carbonyl (C=O) groups is 1. The van der Waals surface area contributed by atoms with E-state index < -0.39 is 174 Å². The average molecular weight is 704 g/mol. The minimum Gasteiger partial charge on any atom is -0.336 e. The first-order chi connectivity index (χ1) is 31.8. The van der Waals surface area contributed by atoms with Crippen LogP contribution in [-0.2, 0) is 42.5 Å². The van der Waals surface area contributed by atoms with Crippen LogP contribution in [0.3, 0.4) is 0 Å². The lowest BCUT2D eigenvalue weighted by Crippen LogP contribution is -2.40. The Bertz CT molecular complexity index is 2810. The summed E-state index contributed by atoms with van der Waals surface area (Å²) in [5, 5.41) is -0.987. The summed E-state index contributed by atoms with van der Waals surface area (Å²) in [6.07, 6.45) is -12.1. The molecule has 0 fully saturated rings. The lowest BCUT2D eigenvalue weighted by atomic mass is 10.0. The minimum atomic E-state index is -5.45. The monoisotopic (exact) mass is 703 g/mol. The molecule has 1 aliphatic rings. The van der Waals surface area contributed by atoms with Crippen molar-refractivity contribution < 1.29 is 53.9 Å². The van der Waals surface area contributed by atoms with E-state index in [9.17, 15) is 25.1 Å². The Morgan fingerprint density at radius 2 is 1.65 bits per heavy atom. The number of carbonyl (C=O) groups excluding carboxylic acids is 1. The predicted molar refractivity (Wildman–Crippen MR) is 181 cm³/mol. The summed E-state index contributed by atoms with van der Waals surface area (Å²) in [5.74, 6) is -5.68. The van der Waals surface area contributed by atoms with Gasteiger partial charge in [0.15, 0.2) is 5.16 Å². The topological polar surface area (TPSA) is 58.4 Å². The van der Waals surface area contributed by atoms with Gasteiger partial charge in [0.1, 0.15) is 12.4 Å². The third-order valence-electron chi connectivity index (χ3n) is 6.36. The summed E-state index contributed by atoms with van der Waals surface area (Å²) in [5.41, 5.74) is -12.5. The molecular weight excluding hydrogens is 640 g/mol. The Morgan fingerprint density at radius 3 is 2.25 bits per heavy atom. The molecule has 0 bridgehead atoms. The molecule has 1 aliphatic carbocycles. The van der Waals surface area contributed by atoms with Gasteiger partial charge in [-0.1, -0.05) is 80.9 Å². The van der Waals surface area contributed by atoms with Crippen molar-refractivity contribution in [3.63, 3.8) is 0 Å². The molecule has 1 amide bonds. The highest BCUT2D eigenvalue weighted by Gasteiger charge is 2.30. The maximum Gasteiger partial charge on any atom is 0.416 e. The van der Waals surface area contributed by atoms with Crippen molar-refractivity contribution in [2.24, 2.45) is 5.89 Å². The van der Waals surface area contributed by atoms with Gasteiger partial charge in [-0.05, 0) is 78.1 Å². The van der Waals surface area contributed by atoms with Crippen LogP contribution in [0.5, 0.6) is 0 Å². The fourth-order valence-electron chi connectivity index (χ4n) is 4.05. The van der Waals surface area contributed by atoms with Gasteiger partial charge in [0, 0.05) is 54.3 Å². The molecule has 0 aliphatic heterocycles. The van der Waals surface area contributed by atoms with E-state index in [0.29, 0.717) is 18.4 Å². The van der Waals surface area contributed by atoms with Crippen LogP contribution >= 0.6 is 11.8 Å². The summed E-state index contributed by atoms with van der Waals surface area (Å²) in [7, 11) is 0. The number of fused-ring (bicyclic) bond motifs is 1. The summed E-state index contributed by atoms with van der Waals surface area (Å²) >= 11 is -0.0532. The fraction of sp³-hybridized carbons (Fsp3) is 0.378. The lowest BCUT2D eigenvalue weighted by Gasteiger charge is -2.28. The number of benzene rings is 3. The number of amides is 1. The minimum absolute atomic E-state index is 0.0532. The standard InChI is InChI=1S/C37H40F4N4O2S/c1-4-43(5-2)18-19-44(22-26-6-10-28(11-7-26)29-12-14-30(15-13-29)37(39,40)41)34(46)23-45-33-21-25(3)20-32(33)35(47)42-36(45)48-24-27-8-16-31(38)17-9-27/h6-17,25H,4-5,18-24H2,1-3H3/i4D2,5D2,6D,7D,10D,11D,12D,13D,14D,15D,18D2,19D2,20D2,21D2,24D2,25D. The van der Waals surface area contributed by atoms with Crippen molar-refractivity contribution in [2.75, 3.05) is 26.0 Å². The van der Waals surface area contributed by atoms with Crippen molar-refractivity contribution in [2.45, 2.75) is 63.6 Å². The number of rotatable bonds is 13. The van der Waals surface area contributed by atoms with Gasteiger partial charge < -0.3 is 14.4 Å². The second-order valence-corrected chi connectivity index (χ2v) is 10.5. The largest absolute Gasteiger partial charge is 0.416 e. The predicted octanol–water partition coefficient (Wildman–Crippen LogP) is 7.47. The molecule has 0 saturated heterocycles. The van der Waals surface area contributed by atoms with Crippen molar-refractivity contribution in [1.82, 2.24) is 19.4 Å². The van der Waals surface area contributed by atoms with E-state index in [0.717, 1.165) is 31.2 Å². The summed E-state index contributed by atoms with van der Waals surface area (Å²) in [6, 6.07) is -8.04. The smallest absolute Gasteiger partial charge is 0.336 e. The van der Waals surface area contributed by atoms with E-state index in [1.807, 2.05) is 0 Å². The zero-order chi connectivity index (χ0) is 54.9. The molecule has 1 aromatic heterocycles. The molecule has 0 N–H and O–H groups in total. The second kappa shape index (κ2) is 15.5. The molecule has 11 heteroatoms. The van der Waals surface area contributed by atoms with Gasteiger partial charge in [0.25, 0.3) is 5.56 Å². The van der Waals surface area contributed by atoms with E-state index in [2.05, 4.69) is 4.98 Å². The number of aromatic nitrogens is 2. The van der Waals surface area contributed by atoms with Crippen LogP contribution in [0.1, 0.15) is 80.2 Å². The number of hydrogen-bond acceptors (Lipinski definition) is 5. The zero-order valence-electron chi connectivity index (χ0n) is 48.2. The van der Waals surface area contributed by atoms with Gasteiger partial charge >= 0.3 is 6.18 Å². The molecule has 1 unspecified atom stereocenters.